The first-order valence-corrected chi connectivity index (χ1v) is 7.32. The molecule has 3 unspecified atom stereocenters. The van der Waals surface area contributed by atoms with Crippen LogP contribution in [0.5, 0.6) is 0 Å². The summed E-state index contributed by atoms with van der Waals surface area (Å²) in [7, 11) is 2.13. The van der Waals surface area contributed by atoms with Gasteiger partial charge in [0, 0.05) is 23.7 Å². The molecule has 19 heavy (non-hydrogen) atoms. The number of ether oxygens (including phenoxy) is 1. The third-order valence-corrected chi connectivity index (χ3v) is 4.37. The minimum Gasteiger partial charge on any atom is -0.380 e. The molecular weight excluding hydrogens is 260 g/mol. The largest absolute Gasteiger partial charge is 0.380 e. The molecule has 0 aliphatic carbocycles. The summed E-state index contributed by atoms with van der Waals surface area (Å²) in [5.41, 5.74) is 7.46. The molecule has 1 aliphatic rings. The van der Waals surface area contributed by atoms with Gasteiger partial charge in [-0.3, -0.25) is 4.90 Å². The molecule has 4 heteroatoms. The summed E-state index contributed by atoms with van der Waals surface area (Å²) in [5, 5.41) is 0.794. The Morgan fingerprint density at radius 1 is 1.47 bits per heavy atom. The van der Waals surface area contributed by atoms with Crippen molar-refractivity contribution in [3.05, 3.63) is 34.9 Å². The summed E-state index contributed by atoms with van der Waals surface area (Å²) >= 11 is 6.36. The second-order valence-corrected chi connectivity index (χ2v) is 5.63. The molecule has 3 nitrogen and oxygen atoms in total. The van der Waals surface area contributed by atoms with Crippen LogP contribution in [0.1, 0.15) is 31.4 Å². The van der Waals surface area contributed by atoms with Crippen LogP contribution in [-0.4, -0.2) is 37.2 Å². The summed E-state index contributed by atoms with van der Waals surface area (Å²) < 4.78 is 5.49. The fourth-order valence-corrected chi connectivity index (χ4v) is 3.01. The van der Waals surface area contributed by atoms with Crippen molar-refractivity contribution in [2.75, 3.05) is 20.3 Å². The number of hydrogen-bond donors (Lipinski definition) is 1. The molecule has 0 saturated carbocycles. The summed E-state index contributed by atoms with van der Waals surface area (Å²) in [5.74, 6) is 0. The molecule has 1 fully saturated rings. The molecule has 1 aromatic carbocycles. The number of nitrogens with two attached hydrogens (primary N) is 1. The Hall–Kier alpha value is -0.610. The fraction of sp³-hybridized carbons (Fsp3) is 0.600. The van der Waals surface area contributed by atoms with Crippen LogP contribution in [0.2, 0.25) is 5.02 Å². The highest BCUT2D eigenvalue weighted by atomic mass is 35.5. The third kappa shape index (κ3) is 3.29. The Morgan fingerprint density at radius 3 is 2.79 bits per heavy atom. The lowest BCUT2D eigenvalue weighted by Gasteiger charge is -2.36. The van der Waals surface area contributed by atoms with Gasteiger partial charge in [0.1, 0.15) is 0 Å². The minimum absolute atomic E-state index is 0.0745. The van der Waals surface area contributed by atoms with E-state index < -0.39 is 0 Å². The predicted octanol–water partition coefficient (Wildman–Crippen LogP) is 2.84. The van der Waals surface area contributed by atoms with Gasteiger partial charge in [0.05, 0.1) is 12.6 Å². The molecule has 0 bridgehead atoms. The fourth-order valence-electron chi connectivity index (χ4n) is 2.76. The number of benzene rings is 1. The van der Waals surface area contributed by atoms with Crippen molar-refractivity contribution in [1.82, 2.24) is 4.90 Å². The quantitative estimate of drug-likeness (QED) is 0.902. The maximum atomic E-state index is 6.36. The van der Waals surface area contributed by atoms with Crippen LogP contribution in [0.15, 0.2) is 24.3 Å². The van der Waals surface area contributed by atoms with E-state index in [4.69, 9.17) is 22.1 Å². The summed E-state index contributed by atoms with van der Waals surface area (Å²) in [6.45, 7) is 3.74. The second kappa shape index (κ2) is 6.71. The molecule has 2 rings (SSSR count). The predicted molar refractivity (Wildman–Crippen MR) is 79.4 cm³/mol. The molecule has 1 aromatic rings. The number of rotatable bonds is 5. The van der Waals surface area contributed by atoms with E-state index in [1.807, 2.05) is 18.2 Å². The Morgan fingerprint density at radius 2 is 2.21 bits per heavy atom. The van der Waals surface area contributed by atoms with E-state index in [2.05, 4.69) is 24.9 Å². The van der Waals surface area contributed by atoms with Crippen LogP contribution < -0.4 is 5.73 Å². The Bertz CT molecular complexity index is 407. The number of nitrogens with zero attached hydrogens (tertiary/aromatic N) is 1. The molecule has 0 spiro atoms. The average Bonchev–Trinajstić information content (AvgIpc) is 2.94. The van der Waals surface area contributed by atoms with Crippen LogP contribution in [-0.2, 0) is 4.74 Å². The highest BCUT2D eigenvalue weighted by molar-refractivity contribution is 6.31. The lowest BCUT2D eigenvalue weighted by Crippen LogP contribution is -2.44. The van der Waals surface area contributed by atoms with Crippen LogP contribution >= 0.6 is 11.6 Å². The van der Waals surface area contributed by atoms with Crippen LogP contribution in [0.3, 0.4) is 0 Å². The minimum atomic E-state index is 0.0745. The van der Waals surface area contributed by atoms with E-state index in [1.54, 1.807) is 0 Å². The summed E-state index contributed by atoms with van der Waals surface area (Å²) in [4.78, 5) is 2.34. The van der Waals surface area contributed by atoms with Gasteiger partial charge in [-0.25, -0.2) is 0 Å². The van der Waals surface area contributed by atoms with Crippen molar-refractivity contribution in [3.63, 3.8) is 0 Å². The van der Waals surface area contributed by atoms with Crippen molar-refractivity contribution in [2.45, 2.75) is 37.9 Å². The van der Waals surface area contributed by atoms with E-state index in [1.165, 1.54) is 0 Å². The van der Waals surface area contributed by atoms with E-state index in [9.17, 15) is 0 Å². The van der Waals surface area contributed by atoms with E-state index in [0.29, 0.717) is 6.04 Å². The lowest BCUT2D eigenvalue weighted by atomic mass is 9.95. The Kier molecular flexibility index (Phi) is 5.22. The van der Waals surface area contributed by atoms with Gasteiger partial charge < -0.3 is 10.5 Å². The van der Waals surface area contributed by atoms with Crippen molar-refractivity contribution < 1.29 is 4.74 Å². The number of hydrogen-bond acceptors (Lipinski definition) is 3. The smallest absolute Gasteiger partial charge is 0.0622 e. The summed E-state index contributed by atoms with van der Waals surface area (Å²) in [6.07, 6.45) is 1.99. The maximum Gasteiger partial charge on any atom is 0.0622 e. The normalized spacial score (nSPS) is 22.7. The average molecular weight is 283 g/mol. The molecule has 0 aromatic heterocycles. The highest BCUT2D eigenvalue weighted by Gasteiger charge is 2.31. The monoisotopic (exact) mass is 282 g/mol. The first-order chi connectivity index (χ1) is 9.15. The lowest BCUT2D eigenvalue weighted by molar-refractivity contribution is 0.119. The van der Waals surface area contributed by atoms with Crippen LogP contribution in [0, 0.1) is 0 Å². The van der Waals surface area contributed by atoms with Crippen molar-refractivity contribution in [2.24, 2.45) is 5.73 Å². The zero-order valence-electron chi connectivity index (χ0n) is 11.7. The van der Waals surface area contributed by atoms with Crippen molar-refractivity contribution in [3.8, 4) is 0 Å². The van der Waals surface area contributed by atoms with Gasteiger partial charge in [0.15, 0.2) is 0 Å². The zero-order chi connectivity index (χ0) is 13.8. The van der Waals surface area contributed by atoms with Crippen molar-refractivity contribution in [1.29, 1.82) is 0 Å². The highest BCUT2D eigenvalue weighted by Crippen LogP contribution is 2.32. The first-order valence-electron chi connectivity index (χ1n) is 6.94. The number of likely N-dealkylation sites (N-methyl/N-ethyl adjacent to an activating group) is 1. The van der Waals surface area contributed by atoms with E-state index in [-0.39, 0.29) is 12.1 Å². The third-order valence-electron chi connectivity index (χ3n) is 4.02. The zero-order valence-corrected chi connectivity index (χ0v) is 12.4. The first kappa shape index (κ1) is 14.8. The van der Waals surface area contributed by atoms with E-state index in [0.717, 1.165) is 36.6 Å². The SMILES string of the molecule is CCC(N)C(c1ccccc1Cl)N(C)C1CCOC1. The van der Waals surface area contributed by atoms with Gasteiger partial charge in [-0.05, 0) is 31.5 Å². The molecule has 1 aliphatic heterocycles. The van der Waals surface area contributed by atoms with Gasteiger partial charge in [-0.1, -0.05) is 36.7 Å². The van der Waals surface area contributed by atoms with Crippen molar-refractivity contribution >= 4 is 11.6 Å². The van der Waals surface area contributed by atoms with E-state index >= 15 is 0 Å². The number of halogens is 1. The van der Waals surface area contributed by atoms with Gasteiger partial charge in [-0.15, -0.1) is 0 Å². The second-order valence-electron chi connectivity index (χ2n) is 5.22. The van der Waals surface area contributed by atoms with Crippen LogP contribution in [0.4, 0.5) is 0 Å². The maximum absolute atomic E-state index is 6.36. The van der Waals surface area contributed by atoms with Crippen LogP contribution in [0.25, 0.3) is 0 Å². The van der Waals surface area contributed by atoms with Gasteiger partial charge in [-0.2, -0.15) is 0 Å². The standard InChI is InChI=1S/C15H23ClN2O/c1-3-14(17)15(12-6-4-5-7-13(12)16)18(2)11-8-9-19-10-11/h4-7,11,14-15H,3,8-10,17H2,1-2H3. The molecule has 3 atom stereocenters. The Balaban J connectivity index is 2.27. The topological polar surface area (TPSA) is 38.5 Å². The molecule has 2 N–H and O–H groups in total. The van der Waals surface area contributed by atoms with Gasteiger partial charge in [0.25, 0.3) is 0 Å². The van der Waals surface area contributed by atoms with Gasteiger partial charge in [0.2, 0.25) is 0 Å². The molecular formula is C15H23ClN2O. The molecule has 0 radical (unpaired) electrons. The molecule has 1 heterocycles. The van der Waals surface area contributed by atoms with Gasteiger partial charge >= 0.3 is 0 Å². The summed E-state index contributed by atoms with van der Waals surface area (Å²) in [6, 6.07) is 8.64. The Labute approximate surface area is 120 Å². The molecule has 106 valence electrons. The molecule has 0 amide bonds. The molecule has 1 saturated heterocycles.